The summed E-state index contributed by atoms with van der Waals surface area (Å²) in [5.74, 6) is 1.02. The van der Waals surface area contributed by atoms with Crippen molar-refractivity contribution in [1.82, 2.24) is 0 Å². The van der Waals surface area contributed by atoms with Crippen LogP contribution in [0.25, 0.3) is 10.8 Å². The van der Waals surface area contributed by atoms with Crippen molar-refractivity contribution in [3.05, 3.63) is 72.3 Å². The highest BCUT2D eigenvalue weighted by molar-refractivity contribution is 7.62. The molecule has 1 unspecified atom stereocenters. The molecule has 0 amide bonds. The van der Waals surface area contributed by atoms with Crippen molar-refractivity contribution in [2.75, 3.05) is 0 Å². The zero-order chi connectivity index (χ0) is 18.0. The Hall–Kier alpha value is -1.85. The van der Waals surface area contributed by atoms with Gasteiger partial charge < -0.3 is 4.52 Å². The fourth-order valence-corrected chi connectivity index (χ4v) is 5.02. The Morgan fingerprint density at radius 3 is 2.16 bits per heavy atom. The number of fused-ring (bicyclic) bond motifs is 1. The lowest BCUT2D eigenvalue weighted by Gasteiger charge is -2.28. The van der Waals surface area contributed by atoms with Crippen LogP contribution in [0.2, 0.25) is 0 Å². The topological polar surface area (TPSA) is 9.23 Å². The molecule has 3 rings (SSSR count). The Kier molecular flexibility index (Phi) is 5.16. The van der Waals surface area contributed by atoms with E-state index in [4.69, 9.17) is 4.52 Å². The maximum Gasteiger partial charge on any atom is 0.127 e. The van der Waals surface area contributed by atoms with E-state index in [0.717, 1.165) is 5.75 Å². The van der Waals surface area contributed by atoms with Crippen LogP contribution in [0.3, 0.4) is 0 Å². The molecular formula is C23H27OP. The number of rotatable bonds is 4. The summed E-state index contributed by atoms with van der Waals surface area (Å²) in [5, 5.41) is 3.91. The van der Waals surface area contributed by atoms with E-state index in [-0.39, 0.29) is 5.41 Å². The maximum atomic E-state index is 6.69. The van der Waals surface area contributed by atoms with Crippen molar-refractivity contribution in [3.8, 4) is 5.75 Å². The van der Waals surface area contributed by atoms with Crippen LogP contribution in [0.5, 0.6) is 5.75 Å². The van der Waals surface area contributed by atoms with E-state index >= 15 is 0 Å². The van der Waals surface area contributed by atoms with Gasteiger partial charge >= 0.3 is 0 Å². The molecule has 25 heavy (non-hydrogen) atoms. The van der Waals surface area contributed by atoms with E-state index in [0.29, 0.717) is 5.66 Å². The predicted molar refractivity (Wildman–Crippen MR) is 111 cm³/mol. The third-order valence-electron chi connectivity index (χ3n) is 4.36. The molecule has 0 fully saturated rings. The minimum Gasteiger partial charge on any atom is -0.469 e. The standard InChI is InChI=1S/C23H27OP/c1-17(2)25(22-16-10-12-18-11-6-7-13-19(18)22)24-21-15-9-8-14-20(21)23(3,4)5/h6-17H,1-5H3. The summed E-state index contributed by atoms with van der Waals surface area (Å²) in [4.78, 5) is 0. The lowest BCUT2D eigenvalue weighted by Crippen LogP contribution is -2.17. The molecule has 0 bridgehead atoms. The summed E-state index contributed by atoms with van der Waals surface area (Å²) >= 11 is 0. The van der Waals surface area contributed by atoms with Gasteiger partial charge in [0.2, 0.25) is 0 Å². The highest BCUT2D eigenvalue weighted by atomic mass is 31.1. The van der Waals surface area contributed by atoms with Gasteiger partial charge in [0.15, 0.2) is 0 Å². The molecule has 0 spiro atoms. The first-order valence-corrected chi connectivity index (χ1v) is 10.3. The van der Waals surface area contributed by atoms with Gasteiger partial charge in [-0.2, -0.15) is 0 Å². The lowest BCUT2D eigenvalue weighted by atomic mass is 9.86. The molecule has 0 saturated heterocycles. The highest BCUT2D eigenvalue weighted by Gasteiger charge is 2.25. The Labute approximate surface area is 152 Å². The number of benzene rings is 3. The first-order chi connectivity index (χ1) is 11.9. The molecule has 1 atom stereocenters. The maximum absolute atomic E-state index is 6.69. The molecule has 0 saturated carbocycles. The van der Waals surface area contributed by atoms with Gasteiger partial charge in [-0.1, -0.05) is 95.3 Å². The van der Waals surface area contributed by atoms with Crippen LogP contribution in [0.1, 0.15) is 40.2 Å². The van der Waals surface area contributed by atoms with Crippen LogP contribution >= 0.6 is 8.15 Å². The second-order valence-electron chi connectivity index (χ2n) is 7.76. The van der Waals surface area contributed by atoms with Gasteiger partial charge in [0.25, 0.3) is 0 Å². The number of hydrogen-bond donors (Lipinski definition) is 0. The minimum atomic E-state index is -0.754. The van der Waals surface area contributed by atoms with Crippen molar-refractivity contribution >= 4 is 24.2 Å². The minimum absolute atomic E-state index is 0.0628. The van der Waals surface area contributed by atoms with Crippen molar-refractivity contribution in [2.45, 2.75) is 45.7 Å². The summed E-state index contributed by atoms with van der Waals surface area (Å²) < 4.78 is 6.69. The molecule has 0 aliphatic heterocycles. The van der Waals surface area contributed by atoms with E-state index in [1.807, 2.05) is 0 Å². The fraction of sp³-hybridized carbons (Fsp3) is 0.304. The van der Waals surface area contributed by atoms with Crippen LogP contribution in [-0.4, -0.2) is 5.66 Å². The van der Waals surface area contributed by atoms with Gasteiger partial charge in [-0.15, -0.1) is 0 Å². The zero-order valence-corrected chi connectivity index (χ0v) is 16.7. The Morgan fingerprint density at radius 1 is 0.800 bits per heavy atom. The van der Waals surface area contributed by atoms with E-state index < -0.39 is 8.15 Å². The quantitative estimate of drug-likeness (QED) is 0.479. The van der Waals surface area contributed by atoms with Crippen LogP contribution in [0.4, 0.5) is 0 Å². The first kappa shape index (κ1) is 18.0. The fourth-order valence-electron chi connectivity index (χ4n) is 3.11. The Bertz CT molecular complexity index is 856. The van der Waals surface area contributed by atoms with Crippen molar-refractivity contribution in [1.29, 1.82) is 0 Å². The van der Waals surface area contributed by atoms with Crippen molar-refractivity contribution < 1.29 is 4.52 Å². The average Bonchev–Trinajstić information content (AvgIpc) is 2.58. The molecule has 0 N–H and O–H groups in total. The monoisotopic (exact) mass is 350 g/mol. The number of hydrogen-bond acceptors (Lipinski definition) is 1. The summed E-state index contributed by atoms with van der Waals surface area (Å²) in [6, 6.07) is 23.6. The molecule has 0 heterocycles. The molecule has 1 nitrogen and oxygen atoms in total. The van der Waals surface area contributed by atoms with E-state index in [1.165, 1.54) is 21.6 Å². The Balaban J connectivity index is 2.07. The van der Waals surface area contributed by atoms with Crippen molar-refractivity contribution in [3.63, 3.8) is 0 Å². The molecule has 0 aromatic heterocycles. The van der Waals surface area contributed by atoms with Crippen LogP contribution in [-0.2, 0) is 5.41 Å². The normalized spacial score (nSPS) is 13.2. The lowest BCUT2D eigenvalue weighted by molar-refractivity contribution is 0.535. The zero-order valence-electron chi connectivity index (χ0n) is 15.8. The smallest absolute Gasteiger partial charge is 0.127 e. The second kappa shape index (κ2) is 7.18. The van der Waals surface area contributed by atoms with Crippen LogP contribution in [0.15, 0.2) is 66.7 Å². The second-order valence-corrected chi connectivity index (χ2v) is 10.1. The molecule has 3 aromatic rings. The SMILES string of the molecule is CC(C)P(Oc1ccccc1C(C)(C)C)c1cccc2ccccc12. The number of para-hydroxylation sites is 1. The summed E-state index contributed by atoms with van der Waals surface area (Å²) in [5.41, 5.74) is 1.77. The molecule has 0 aliphatic rings. The van der Waals surface area contributed by atoms with Gasteiger partial charge in [0, 0.05) is 11.0 Å². The first-order valence-electron chi connectivity index (χ1n) is 8.92. The third-order valence-corrected chi connectivity index (χ3v) is 6.56. The summed E-state index contributed by atoms with van der Waals surface area (Å²) in [6.45, 7) is 11.2. The average molecular weight is 350 g/mol. The van der Waals surface area contributed by atoms with Gasteiger partial charge in [-0.05, 0) is 27.8 Å². The van der Waals surface area contributed by atoms with Gasteiger partial charge in [0.1, 0.15) is 13.9 Å². The highest BCUT2D eigenvalue weighted by Crippen LogP contribution is 2.46. The molecule has 2 heteroatoms. The molecule has 0 aliphatic carbocycles. The van der Waals surface area contributed by atoms with Crippen molar-refractivity contribution in [2.24, 2.45) is 0 Å². The van der Waals surface area contributed by atoms with Gasteiger partial charge in [0.05, 0.1) is 0 Å². The molecule has 3 aromatic carbocycles. The van der Waals surface area contributed by atoms with Crippen LogP contribution < -0.4 is 9.83 Å². The molecule has 0 radical (unpaired) electrons. The Morgan fingerprint density at radius 2 is 1.44 bits per heavy atom. The summed E-state index contributed by atoms with van der Waals surface area (Å²) in [7, 11) is -0.754. The van der Waals surface area contributed by atoms with E-state index in [1.54, 1.807) is 0 Å². The molecular weight excluding hydrogens is 323 g/mol. The van der Waals surface area contributed by atoms with Gasteiger partial charge in [-0.25, -0.2) is 0 Å². The van der Waals surface area contributed by atoms with Gasteiger partial charge in [-0.3, -0.25) is 0 Å². The molecule has 130 valence electrons. The predicted octanol–water partition coefficient (Wildman–Crippen LogP) is 6.65. The van der Waals surface area contributed by atoms with E-state index in [2.05, 4.69) is 101 Å². The van der Waals surface area contributed by atoms with E-state index in [9.17, 15) is 0 Å². The summed E-state index contributed by atoms with van der Waals surface area (Å²) in [6.07, 6.45) is 0. The largest absolute Gasteiger partial charge is 0.469 e. The third kappa shape index (κ3) is 3.88. The van der Waals surface area contributed by atoms with Crippen LogP contribution in [0, 0.1) is 0 Å².